The van der Waals surface area contributed by atoms with Gasteiger partial charge in [-0.3, -0.25) is 33.7 Å². The largest absolute Gasteiger partial charge is 0.463 e. The van der Waals surface area contributed by atoms with Crippen LogP contribution < -0.4 is 27.0 Å². The Kier molecular flexibility index (Phi) is 13.7. The lowest BCUT2D eigenvalue weighted by Crippen LogP contribution is -2.54. The maximum atomic E-state index is 13.2. The fourth-order valence-corrected chi connectivity index (χ4v) is 4.08. The minimum Gasteiger partial charge on any atom is -0.463 e. The number of amides is 7. The Morgan fingerprint density at radius 3 is 2.21 bits per heavy atom. The van der Waals surface area contributed by atoms with Crippen LogP contribution in [-0.4, -0.2) is 72.1 Å². The predicted molar refractivity (Wildman–Crippen MR) is 151 cm³/mol. The van der Waals surface area contributed by atoms with Crippen LogP contribution in [0.15, 0.2) is 36.4 Å². The summed E-state index contributed by atoms with van der Waals surface area (Å²) in [5, 5.41) is 10.6. The molecule has 2 rings (SSSR count). The number of urea groups is 1. The number of nitrogens with zero attached hydrogens (tertiary/aromatic N) is 1. The lowest BCUT2D eigenvalue weighted by atomic mass is 10.0. The number of carbonyl (C=O) groups is 7. The Hall–Kier alpha value is -4.75. The van der Waals surface area contributed by atoms with Gasteiger partial charge in [-0.2, -0.15) is 0 Å². The molecule has 42 heavy (non-hydrogen) atoms. The average molecular weight is 587 g/mol. The molecule has 0 radical (unpaired) electrons. The summed E-state index contributed by atoms with van der Waals surface area (Å²) < 4.78 is 4.71. The second-order valence-electron chi connectivity index (χ2n) is 10.00. The zero-order valence-corrected chi connectivity index (χ0v) is 23.7. The van der Waals surface area contributed by atoms with Gasteiger partial charge >= 0.3 is 6.03 Å². The maximum absolute atomic E-state index is 13.2. The number of nitrogens with two attached hydrogens (primary N) is 1. The average Bonchev–Trinajstić information content (AvgIpc) is 3.27. The summed E-state index contributed by atoms with van der Waals surface area (Å²) in [5.74, 6) is -2.51. The van der Waals surface area contributed by atoms with Crippen molar-refractivity contribution < 1.29 is 38.3 Å². The van der Waals surface area contributed by atoms with Crippen molar-refractivity contribution in [1.82, 2.24) is 20.9 Å². The summed E-state index contributed by atoms with van der Waals surface area (Å²) in [6, 6.07) is 3.96. The third-order valence-electron chi connectivity index (χ3n) is 6.34. The first-order chi connectivity index (χ1) is 20.0. The Bertz CT molecular complexity index is 1150. The number of primary amides is 1. The molecule has 0 unspecified atom stereocenters. The first kappa shape index (κ1) is 33.5. The summed E-state index contributed by atoms with van der Waals surface area (Å²) in [4.78, 5) is 84.7. The van der Waals surface area contributed by atoms with E-state index in [1.165, 1.54) is 12.2 Å². The van der Waals surface area contributed by atoms with Gasteiger partial charge in [-0.15, -0.1) is 0 Å². The summed E-state index contributed by atoms with van der Waals surface area (Å²) in [6.07, 6.45) is 3.81. The highest BCUT2D eigenvalue weighted by Gasteiger charge is 2.29. The van der Waals surface area contributed by atoms with Gasteiger partial charge in [-0.25, -0.2) is 4.79 Å². The number of imide groups is 1. The van der Waals surface area contributed by atoms with E-state index in [2.05, 4.69) is 21.3 Å². The zero-order chi connectivity index (χ0) is 31.1. The molecule has 7 amide bonds. The van der Waals surface area contributed by atoms with Crippen molar-refractivity contribution in [2.45, 2.75) is 64.6 Å². The first-order valence-electron chi connectivity index (χ1n) is 13.6. The molecule has 0 aliphatic carbocycles. The smallest absolute Gasteiger partial charge is 0.312 e. The van der Waals surface area contributed by atoms with E-state index in [1.807, 2.05) is 0 Å². The first-order valence-corrected chi connectivity index (χ1v) is 13.6. The van der Waals surface area contributed by atoms with Gasteiger partial charge in [0.15, 0.2) is 0 Å². The third kappa shape index (κ3) is 11.4. The number of nitrogens with one attached hydrogen (secondary N) is 4. The monoisotopic (exact) mass is 586 g/mol. The fraction of sp³-hybridized carbons (Fsp3) is 0.464. The number of hydrogen-bond acceptors (Lipinski definition) is 8. The van der Waals surface area contributed by atoms with E-state index in [9.17, 15) is 33.6 Å². The highest BCUT2D eigenvalue weighted by atomic mass is 16.5. The SMILES string of the molecule is CC(C)[C@H](NC(=O)CCCCN1C(=O)C=CC1=O)C(=O)N[C@@H](CCCNC(N)=O)C(=O)Nc1ccc(COC=O)cc1. The molecule has 2 atom stereocenters. The zero-order valence-electron chi connectivity index (χ0n) is 23.7. The van der Waals surface area contributed by atoms with E-state index in [1.54, 1.807) is 38.1 Å². The Morgan fingerprint density at radius 1 is 0.952 bits per heavy atom. The van der Waals surface area contributed by atoms with E-state index in [0.29, 0.717) is 37.0 Å². The molecule has 1 heterocycles. The van der Waals surface area contributed by atoms with Crippen LogP contribution in [0.5, 0.6) is 0 Å². The van der Waals surface area contributed by atoms with Crippen LogP contribution in [0.25, 0.3) is 0 Å². The predicted octanol–water partition coefficient (Wildman–Crippen LogP) is 0.468. The topological polar surface area (TPSA) is 206 Å². The Balaban J connectivity index is 1.97. The molecule has 0 fully saturated rings. The van der Waals surface area contributed by atoms with Gasteiger partial charge in [0, 0.05) is 37.3 Å². The Morgan fingerprint density at radius 2 is 1.62 bits per heavy atom. The van der Waals surface area contributed by atoms with Crippen LogP contribution in [0, 0.1) is 5.92 Å². The van der Waals surface area contributed by atoms with E-state index in [0.717, 1.165) is 4.90 Å². The van der Waals surface area contributed by atoms with Crippen molar-refractivity contribution in [1.29, 1.82) is 0 Å². The molecule has 6 N–H and O–H groups in total. The number of carbonyl (C=O) groups excluding carboxylic acids is 7. The quantitative estimate of drug-likeness (QED) is 0.0926. The molecule has 228 valence electrons. The second kappa shape index (κ2) is 17.1. The van der Waals surface area contributed by atoms with Crippen molar-refractivity contribution in [3.05, 3.63) is 42.0 Å². The molecular formula is C28H38N6O8. The maximum Gasteiger partial charge on any atom is 0.312 e. The number of unbranched alkanes of at least 4 members (excludes halogenated alkanes) is 1. The molecule has 0 spiro atoms. The van der Waals surface area contributed by atoms with Gasteiger partial charge in [0.25, 0.3) is 18.3 Å². The number of benzene rings is 1. The molecule has 0 saturated heterocycles. The van der Waals surface area contributed by atoms with Crippen molar-refractivity contribution in [3.8, 4) is 0 Å². The normalized spacial score (nSPS) is 13.8. The minimum atomic E-state index is -0.993. The van der Waals surface area contributed by atoms with Crippen LogP contribution in [0.4, 0.5) is 10.5 Å². The molecule has 14 nitrogen and oxygen atoms in total. The van der Waals surface area contributed by atoms with Gasteiger partial charge in [0.1, 0.15) is 18.7 Å². The highest BCUT2D eigenvalue weighted by molar-refractivity contribution is 6.12. The number of anilines is 1. The van der Waals surface area contributed by atoms with E-state index >= 15 is 0 Å². The fourth-order valence-electron chi connectivity index (χ4n) is 4.08. The van der Waals surface area contributed by atoms with Crippen molar-refractivity contribution in [2.24, 2.45) is 11.7 Å². The summed E-state index contributed by atoms with van der Waals surface area (Å²) >= 11 is 0. The molecule has 1 aliphatic rings. The molecule has 0 saturated carbocycles. The van der Waals surface area contributed by atoms with Gasteiger partial charge < -0.3 is 31.7 Å². The van der Waals surface area contributed by atoms with Crippen LogP contribution in [0.3, 0.4) is 0 Å². The van der Waals surface area contributed by atoms with Crippen molar-refractivity contribution in [2.75, 3.05) is 18.4 Å². The van der Waals surface area contributed by atoms with Crippen LogP contribution in [-0.2, 0) is 40.1 Å². The summed E-state index contributed by atoms with van der Waals surface area (Å²) in [7, 11) is 0. The number of rotatable bonds is 18. The van der Waals surface area contributed by atoms with Gasteiger partial charge in [0.2, 0.25) is 17.7 Å². The van der Waals surface area contributed by atoms with Crippen molar-refractivity contribution in [3.63, 3.8) is 0 Å². The molecule has 1 aromatic rings. The molecule has 0 bridgehead atoms. The second-order valence-corrected chi connectivity index (χ2v) is 10.00. The van der Waals surface area contributed by atoms with Gasteiger partial charge in [0.05, 0.1) is 0 Å². The van der Waals surface area contributed by atoms with Crippen LogP contribution in [0.2, 0.25) is 0 Å². The number of hydrogen-bond donors (Lipinski definition) is 5. The molecular weight excluding hydrogens is 548 g/mol. The standard InChI is InChI=1S/C28H38N6O8/c1-18(2)25(33-22(36)7-3-4-15-34-23(37)12-13-24(34)38)27(40)32-21(6-5-14-30-28(29)41)26(39)31-20-10-8-19(9-11-20)16-42-17-35/h8-13,17-18,21,25H,3-7,14-16H2,1-2H3,(H,31,39)(H,32,40)(H,33,36)(H3,29,30,41)/t21-,25-/m0/s1. The van der Waals surface area contributed by atoms with E-state index in [-0.39, 0.29) is 56.2 Å². The molecule has 1 aromatic carbocycles. The minimum absolute atomic E-state index is 0.0801. The lowest BCUT2D eigenvalue weighted by molar-refractivity contribution is -0.137. The van der Waals surface area contributed by atoms with Crippen LogP contribution >= 0.6 is 0 Å². The van der Waals surface area contributed by atoms with Gasteiger partial charge in [-0.1, -0.05) is 26.0 Å². The van der Waals surface area contributed by atoms with Gasteiger partial charge in [-0.05, 0) is 49.3 Å². The Labute approximate surface area is 243 Å². The summed E-state index contributed by atoms with van der Waals surface area (Å²) in [6.45, 7) is 4.32. The molecule has 1 aliphatic heterocycles. The lowest BCUT2D eigenvalue weighted by Gasteiger charge is -2.25. The van der Waals surface area contributed by atoms with E-state index in [4.69, 9.17) is 10.5 Å². The molecule has 14 heteroatoms. The summed E-state index contributed by atoms with van der Waals surface area (Å²) in [5.41, 5.74) is 6.26. The highest BCUT2D eigenvalue weighted by Crippen LogP contribution is 2.13. The third-order valence-corrected chi connectivity index (χ3v) is 6.34. The van der Waals surface area contributed by atoms with E-state index < -0.39 is 29.9 Å². The number of ether oxygens (including phenoxy) is 1. The van der Waals surface area contributed by atoms with Crippen LogP contribution in [0.1, 0.15) is 51.5 Å². The van der Waals surface area contributed by atoms with Crippen molar-refractivity contribution >= 4 is 47.7 Å². The molecule has 0 aromatic heterocycles.